The molecule has 0 aromatic carbocycles. The second-order valence-corrected chi connectivity index (χ2v) is 4.23. The summed E-state index contributed by atoms with van der Waals surface area (Å²) in [6.07, 6.45) is -1.08. The lowest BCUT2D eigenvalue weighted by Crippen LogP contribution is -2.51. The van der Waals surface area contributed by atoms with Crippen molar-refractivity contribution in [2.75, 3.05) is 14.1 Å². The molecule has 4 amide bonds. The number of aliphatic carboxylic acids is 1. The summed E-state index contributed by atoms with van der Waals surface area (Å²) < 4.78 is 0. The summed E-state index contributed by atoms with van der Waals surface area (Å²) in [6.45, 7) is 1.42. The van der Waals surface area contributed by atoms with Gasteiger partial charge in [0.25, 0.3) is 0 Å². The van der Waals surface area contributed by atoms with Gasteiger partial charge in [-0.2, -0.15) is 0 Å². The molecule has 0 bridgehead atoms. The monoisotopic (exact) mass is 242 g/mol. The first kappa shape index (κ1) is 11.5. The van der Waals surface area contributed by atoms with E-state index in [9.17, 15) is 14.4 Å². The van der Waals surface area contributed by atoms with Crippen molar-refractivity contribution in [3.8, 4) is 0 Å². The lowest BCUT2D eigenvalue weighted by Gasteiger charge is -2.29. The molecule has 8 heteroatoms. The normalized spacial score (nSPS) is 29.5. The Hall–Kier alpha value is -1.99. The first-order valence-corrected chi connectivity index (χ1v) is 5.17. The number of amides is 4. The van der Waals surface area contributed by atoms with Crippen molar-refractivity contribution < 1.29 is 19.5 Å². The van der Waals surface area contributed by atoms with Crippen molar-refractivity contribution in [3.63, 3.8) is 0 Å². The van der Waals surface area contributed by atoms with Crippen LogP contribution in [-0.4, -0.2) is 70.3 Å². The van der Waals surface area contributed by atoms with Crippen molar-refractivity contribution in [2.45, 2.75) is 25.3 Å². The quantitative estimate of drug-likeness (QED) is 0.658. The fraction of sp³-hybridized carbons (Fsp3) is 0.667. The number of hydrogen-bond donors (Lipinski definition) is 2. The van der Waals surface area contributed by atoms with Gasteiger partial charge in [0.1, 0.15) is 18.4 Å². The Morgan fingerprint density at radius 2 is 1.94 bits per heavy atom. The van der Waals surface area contributed by atoms with Crippen LogP contribution in [0.15, 0.2) is 0 Å². The van der Waals surface area contributed by atoms with E-state index in [0.717, 1.165) is 0 Å². The van der Waals surface area contributed by atoms with Gasteiger partial charge in [-0.15, -0.1) is 0 Å². The number of urea groups is 2. The maximum Gasteiger partial charge on any atom is 0.326 e. The highest BCUT2D eigenvalue weighted by atomic mass is 16.4. The maximum atomic E-state index is 11.7. The molecular formula is C9H14N4O4. The summed E-state index contributed by atoms with van der Waals surface area (Å²) in [7, 11) is 3.12. The summed E-state index contributed by atoms with van der Waals surface area (Å²) in [4.78, 5) is 38.3. The lowest BCUT2D eigenvalue weighted by atomic mass is 10.2. The van der Waals surface area contributed by atoms with E-state index in [4.69, 9.17) is 5.11 Å². The van der Waals surface area contributed by atoms with E-state index in [1.807, 2.05) is 0 Å². The first-order valence-electron chi connectivity index (χ1n) is 5.17. The number of nitrogens with zero attached hydrogens (tertiary/aromatic N) is 3. The Morgan fingerprint density at radius 1 is 1.35 bits per heavy atom. The Balaban J connectivity index is 2.33. The second-order valence-electron chi connectivity index (χ2n) is 4.23. The predicted octanol–water partition coefficient (Wildman–Crippen LogP) is -0.866. The van der Waals surface area contributed by atoms with E-state index >= 15 is 0 Å². The second kappa shape index (κ2) is 3.51. The zero-order valence-electron chi connectivity index (χ0n) is 9.75. The number of carboxylic acid groups (broad SMARTS) is 1. The van der Waals surface area contributed by atoms with E-state index in [0.29, 0.717) is 0 Å². The molecule has 0 spiro atoms. The highest BCUT2D eigenvalue weighted by molar-refractivity contribution is 5.88. The summed E-state index contributed by atoms with van der Waals surface area (Å²) in [6, 6.07) is -1.70. The van der Waals surface area contributed by atoms with Gasteiger partial charge in [0.2, 0.25) is 0 Å². The van der Waals surface area contributed by atoms with Gasteiger partial charge in [-0.3, -0.25) is 4.90 Å². The van der Waals surface area contributed by atoms with Crippen LogP contribution >= 0.6 is 0 Å². The van der Waals surface area contributed by atoms with E-state index in [1.54, 1.807) is 14.1 Å². The van der Waals surface area contributed by atoms with Crippen molar-refractivity contribution in [1.82, 2.24) is 20.0 Å². The molecule has 2 aliphatic heterocycles. The molecule has 3 unspecified atom stereocenters. The molecule has 0 aromatic heterocycles. The van der Waals surface area contributed by atoms with E-state index < -0.39 is 30.4 Å². The molecule has 2 fully saturated rings. The van der Waals surface area contributed by atoms with Gasteiger partial charge in [-0.1, -0.05) is 0 Å². The molecule has 0 radical (unpaired) electrons. The van der Waals surface area contributed by atoms with Gasteiger partial charge in [0, 0.05) is 14.1 Å². The number of carbonyl (C=O) groups is 3. The molecular weight excluding hydrogens is 228 g/mol. The van der Waals surface area contributed by atoms with Crippen LogP contribution in [0.4, 0.5) is 9.59 Å². The summed E-state index contributed by atoms with van der Waals surface area (Å²) in [5, 5.41) is 11.6. The number of nitrogens with one attached hydrogen (secondary N) is 1. The molecule has 17 heavy (non-hydrogen) atoms. The number of fused-ring (bicyclic) bond motifs is 1. The molecule has 0 saturated carbocycles. The van der Waals surface area contributed by atoms with Crippen LogP contribution in [0.25, 0.3) is 0 Å². The summed E-state index contributed by atoms with van der Waals surface area (Å²) in [5.41, 5.74) is 0. The number of carboxylic acids is 1. The van der Waals surface area contributed by atoms with Crippen LogP contribution < -0.4 is 5.32 Å². The third kappa shape index (κ3) is 1.40. The van der Waals surface area contributed by atoms with Crippen molar-refractivity contribution in [1.29, 1.82) is 0 Å². The van der Waals surface area contributed by atoms with Crippen molar-refractivity contribution in [3.05, 3.63) is 0 Å². The predicted molar refractivity (Wildman–Crippen MR) is 56.0 cm³/mol. The number of carbonyl (C=O) groups excluding carboxylic acids is 2. The van der Waals surface area contributed by atoms with E-state index in [-0.39, 0.29) is 6.03 Å². The van der Waals surface area contributed by atoms with Gasteiger partial charge < -0.3 is 20.2 Å². The highest BCUT2D eigenvalue weighted by Gasteiger charge is 2.54. The molecule has 0 aromatic rings. The Labute approximate surface area is 97.8 Å². The smallest absolute Gasteiger partial charge is 0.326 e. The van der Waals surface area contributed by atoms with Crippen LogP contribution in [-0.2, 0) is 4.79 Å². The highest BCUT2D eigenvalue weighted by Crippen LogP contribution is 2.28. The molecule has 2 heterocycles. The Morgan fingerprint density at radius 3 is 2.47 bits per heavy atom. The van der Waals surface area contributed by atoms with E-state index in [1.165, 1.54) is 21.6 Å². The standard InChI is InChI=1S/C9H14N4O4/c1-4(7(14)15)13-6-5(10-8(13)16)11(2)9(17)12(6)3/h4-6H,1-3H3,(H,10,16)(H,14,15). The molecule has 0 aliphatic carbocycles. The number of rotatable bonds is 2. The lowest BCUT2D eigenvalue weighted by molar-refractivity contribution is -0.142. The molecule has 2 N–H and O–H groups in total. The number of hydrogen-bond acceptors (Lipinski definition) is 3. The van der Waals surface area contributed by atoms with Crippen molar-refractivity contribution in [2.24, 2.45) is 0 Å². The number of likely N-dealkylation sites (N-methyl/N-ethyl adjacent to an activating group) is 2. The fourth-order valence-electron chi connectivity index (χ4n) is 2.25. The zero-order chi connectivity index (χ0) is 12.9. The van der Waals surface area contributed by atoms with Crippen LogP contribution in [0.1, 0.15) is 6.92 Å². The van der Waals surface area contributed by atoms with Crippen LogP contribution in [0, 0.1) is 0 Å². The average molecular weight is 242 g/mol. The van der Waals surface area contributed by atoms with Crippen molar-refractivity contribution >= 4 is 18.0 Å². The topological polar surface area (TPSA) is 93.2 Å². The Kier molecular flexibility index (Phi) is 2.37. The molecule has 2 saturated heterocycles. The van der Waals surface area contributed by atoms with Crippen LogP contribution in [0.5, 0.6) is 0 Å². The average Bonchev–Trinajstić information content (AvgIpc) is 2.70. The molecule has 2 aliphatic rings. The minimum absolute atomic E-state index is 0.248. The Bertz CT molecular complexity index is 398. The van der Waals surface area contributed by atoms with Gasteiger partial charge in [-0.05, 0) is 6.92 Å². The fourth-order valence-corrected chi connectivity index (χ4v) is 2.25. The van der Waals surface area contributed by atoms with Gasteiger partial charge in [0.15, 0.2) is 0 Å². The zero-order valence-corrected chi connectivity index (χ0v) is 9.75. The SMILES string of the molecule is CC(C(=O)O)N1C(=O)NC2C1N(C)C(=O)N2C. The van der Waals surface area contributed by atoms with E-state index in [2.05, 4.69) is 5.32 Å². The first-order chi connectivity index (χ1) is 7.86. The third-order valence-electron chi connectivity index (χ3n) is 3.27. The van der Waals surface area contributed by atoms with Gasteiger partial charge in [-0.25, -0.2) is 14.4 Å². The van der Waals surface area contributed by atoms with Gasteiger partial charge in [0.05, 0.1) is 0 Å². The molecule has 94 valence electrons. The third-order valence-corrected chi connectivity index (χ3v) is 3.27. The van der Waals surface area contributed by atoms with Gasteiger partial charge >= 0.3 is 18.0 Å². The van der Waals surface area contributed by atoms with Crippen LogP contribution in [0.3, 0.4) is 0 Å². The molecule has 8 nitrogen and oxygen atoms in total. The van der Waals surface area contributed by atoms with Crippen LogP contribution in [0.2, 0.25) is 0 Å². The summed E-state index contributed by atoms with van der Waals surface area (Å²) in [5.74, 6) is -1.10. The minimum Gasteiger partial charge on any atom is -0.480 e. The molecule has 3 atom stereocenters. The maximum absolute atomic E-state index is 11.7. The molecule has 2 rings (SSSR count). The largest absolute Gasteiger partial charge is 0.480 e. The minimum atomic E-state index is -1.10. The summed E-state index contributed by atoms with van der Waals surface area (Å²) >= 11 is 0.